The average Bonchev–Trinajstić information content (AvgIpc) is 2.72. The maximum Gasteiger partial charge on any atom is 0.318 e. The summed E-state index contributed by atoms with van der Waals surface area (Å²) in [6.45, 7) is 1.39. The lowest BCUT2D eigenvalue weighted by Gasteiger charge is -2.14. The Morgan fingerprint density at radius 1 is 0.821 bits per heavy atom. The molecule has 0 heterocycles. The average molecular weight is 396 g/mol. The van der Waals surface area contributed by atoms with Crippen molar-refractivity contribution in [1.29, 1.82) is 0 Å². The number of fused-ring (bicyclic) bond motifs is 1. The second kappa shape index (κ2) is 7.46. The van der Waals surface area contributed by atoms with Gasteiger partial charge in [-0.3, -0.25) is 4.79 Å². The maximum atomic E-state index is 13.7. The predicted molar refractivity (Wildman–Crippen MR) is 90.8 cm³/mol. The van der Waals surface area contributed by atoms with Crippen molar-refractivity contribution < 1.29 is 36.2 Å². The van der Waals surface area contributed by atoms with Crippen LogP contribution in [0.4, 0.5) is 22.0 Å². The van der Waals surface area contributed by atoms with Gasteiger partial charge in [0.1, 0.15) is 5.75 Å². The minimum Gasteiger partial charge on any atom is -0.497 e. The summed E-state index contributed by atoms with van der Waals surface area (Å²) in [6.07, 6.45) is 0. The summed E-state index contributed by atoms with van der Waals surface area (Å²) in [5, 5.41) is 1.58. The second-order valence-electron chi connectivity index (χ2n) is 6.01. The van der Waals surface area contributed by atoms with Crippen molar-refractivity contribution in [3.05, 3.63) is 71.0 Å². The molecule has 28 heavy (non-hydrogen) atoms. The molecule has 0 aliphatic carbocycles. The third-order valence-electron chi connectivity index (χ3n) is 4.30. The second-order valence-corrected chi connectivity index (χ2v) is 6.01. The van der Waals surface area contributed by atoms with E-state index in [-0.39, 0.29) is 0 Å². The van der Waals surface area contributed by atoms with Crippen molar-refractivity contribution in [2.45, 2.75) is 12.8 Å². The van der Waals surface area contributed by atoms with E-state index >= 15 is 0 Å². The molecule has 3 aromatic rings. The number of halogens is 5. The number of benzene rings is 3. The zero-order chi connectivity index (χ0) is 20.6. The molecule has 0 spiro atoms. The van der Waals surface area contributed by atoms with Gasteiger partial charge in [-0.2, -0.15) is 8.78 Å². The van der Waals surface area contributed by atoms with Crippen molar-refractivity contribution in [3.63, 3.8) is 0 Å². The number of ether oxygens (including phenoxy) is 2. The van der Waals surface area contributed by atoms with Crippen LogP contribution in [-0.4, -0.2) is 13.1 Å². The van der Waals surface area contributed by atoms with Crippen molar-refractivity contribution in [3.8, 4) is 11.5 Å². The fraction of sp³-hybridized carbons (Fsp3) is 0.150. The van der Waals surface area contributed by atoms with Crippen LogP contribution in [0.2, 0.25) is 0 Å². The standard InChI is InChI=1S/C20H13F5O3/c1-9(10-3-4-12-8-13(27-2)6-5-11(12)7-10)20(26)28-19-17(24)15(22)14(21)16(23)18(19)25/h3-9H,1-2H3/t9-/m0/s1. The molecule has 0 saturated carbocycles. The molecule has 3 aromatic carbocycles. The number of esters is 1. The number of carbonyl (C=O) groups excluding carboxylic acids is 1. The summed E-state index contributed by atoms with van der Waals surface area (Å²) < 4.78 is 76.6. The normalized spacial score (nSPS) is 12.1. The molecule has 0 amide bonds. The fourth-order valence-corrected chi connectivity index (χ4v) is 2.64. The number of methoxy groups -OCH3 is 1. The van der Waals surface area contributed by atoms with Crippen LogP contribution in [0.15, 0.2) is 36.4 Å². The molecule has 1 atom stereocenters. The smallest absolute Gasteiger partial charge is 0.318 e. The van der Waals surface area contributed by atoms with Gasteiger partial charge in [0.2, 0.25) is 34.8 Å². The molecule has 0 aliphatic heterocycles. The van der Waals surface area contributed by atoms with E-state index in [0.29, 0.717) is 11.3 Å². The van der Waals surface area contributed by atoms with Crippen LogP contribution in [0, 0.1) is 29.1 Å². The third kappa shape index (κ3) is 3.37. The highest BCUT2D eigenvalue weighted by Crippen LogP contribution is 2.31. The monoisotopic (exact) mass is 396 g/mol. The van der Waals surface area contributed by atoms with E-state index in [1.165, 1.54) is 14.0 Å². The van der Waals surface area contributed by atoms with E-state index in [1.54, 1.807) is 36.4 Å². The van der Waals surface area contributed by atoms with Crippen molar-refractivity contribution >= 4 is 16.7 Å². The summed E-state index contributed by atoms with van der Waals surface area (Å²) in [5.74, 6) is -14.3. The molecule has 0 bridgehead atoms. The van der Waals surface area contributed by atoms with Crippen LogP contribution in [0.1, 0.15) is 18.4 Å². The molecule has 0 saturated heterocycles. The van der Waals surface area contributed by atoms with Crippen molar-refractivity contribution in [2.75, 3.05) is 7.11 Å². The first-order valence-corrected chi connectivity index (χ1v) is 8.05. The molecular weight excluding hydrogens is 383 g/mol. The number of hydrogen-bond donors (Lipinski definition) is 0. The maximum absolute atomic E-state index is 13.7. The molecule has 0 unspecified atom stereocenters. The van der Waals surface area contributed by atoms with Crippen LogP contribution < -0.4 is 9.47 Å². The topological polar surface area (TPSA) is 35.5 Å². The van der Waals surface area contributed by atoms with Gasteiger partial charge >= 0.3 is 5.97 Å². The Hall–Kier alpha value is -3.16. The summed E-state index contributed by atoms with van der Waals surface area (Å²) >= 11 is 0. The first-order valence-electron chi connectivity index (χ1n) is 8.05. The zero-order valence-electron chi connectivity index (χ0n) is 14.7. The zero-order valence-corrected chi connectivity index (χ0v) is 14.7. The van der Waals surface area contributed by atoms with E-state index in [2.05, 4.69) is 4.74 Å². The highest BCUT2D eigenvalue weighted by atomic mass is 19.2. The van der Waals surface area contributed by atoms with E-state index in [1.807, 2.05) is 0 Å². The minimum atomic E-state index is -2.33. The molecule has 3 rings (SSSR count). The van der Waals surface area contributed by atoms with Gasteiger partial charge in [0.05, 0.1) is 13.0 Å². The van der Waals surface area contributed by atoms with Gasteiger partial charge in [-0.05, 0) is 35.4 Å². The third-order valence-corrected chi connectivity index (χ3v) is 4.30. The predicted octanol–water partition coefficient (Wildman–Crippen LogP) is 5.25. The van der Waals surface area contributed by atoms with Gasteiger partial charge in [0.25, 0.3) is 0 Å². The molecule has 0 radical (unpaired) electrons. The first-order chi connectivity index (χ1) is 13.2. The Morgan fingerprint density at radius 2 is 1.36 bits per heavy atom. The van der Waals surface area contributed by atoms with E-state index in [9.17, 15) is 26.7 Å². The van der Waals surface area contributed by atoms with Gasteiger partial charge in [0.15, 0.2) is 0 Å². The SMILES string of the molecule is COc1ccc2cc([C@H](C)C(=O)Oc3c(F)c(F)c(F)c(F)c3F)ccc2c1. The summed E-state index contributed by atoms with van der Waals surface area (Å²) in [6, 6.07) is 10.2. The van der Waals surface area contributed by atoms with Gasteiger partial charge in [-0.15, -0.1) is 0 Å². The van der Waals surface area contributed by atoms with Crippen molar-refractivity contribution in [1.82, 2.24) is 0 Å². The van der Waals surface area contributed by atoms with Crippen LogP contribution in [0.5, 0.6) is 11.5 Å². The minimum absolute atomic E-state index is 0.437. The lowest BCUT2D eigenvalue weighted by atomic mass is 9.98. The van der Waals surface area contributed by atoms with Crippen LogP contribution in [0.25, 0.3) is 10.8 Å². The summed E-state index contributed by atoms with van der Waals surface area (Å²) in [4.78, 5) is 12.2. The van der Waals surface area contributed by atoms with Crippen LogP contribution >= 0.6 is 0 Å². The van der Waals surface area contributed by atoms with E-state index < -0.39 is 46.7 Å². The van der Waals surface area contributed by atoms with Gasteiger partial charge in [-0.1, -0.05) is 24.3 Å². The molecule has 0 aliphatic rings. The highest BCUT2D eigenvalue weighted by Gasteiger charge is 2.30. The summed E-state index contributed by atoms with van der Waals surface area (Å²) in [7, 11) is 1.52. The Labute approximate surface area is 156 Å². The summed E-state index contributed by atoms with van der Waals surface area (Å²) in [5.41, 5.74) is 0.437. The largest absolute Gasteiger partial charge is 0.497 e. The molecule has 0 fully saturated rings. The van der Waals surface area contributed by atoms with Crippen LogP contribution in [0.3, 0.4) is 0 Å². The Morgan fingerprint density at radius 3 is 1.96 bits per heavy atom. The Bertz CT molecular complexity index is 1050. The van der Waals surface area contributed by atoms with E-state index in [0.717, 1.165) is 10.8 Å². The molecule has 8 heteroatoms. The molecule has 0 N–H and O–H groups in total. The number of rotatable bonds is 4. The van der Waals surface area contributed by atoms with Crippen molar-refractivity contribution in [2.24, 2.45) is 0 Å². The number of carbonyl (C=O) groups is 1. The van der Waals surface area contributed by atoms with Crippen LogP contribution in [-0.2, 0) is 4.79 Å². The quantitative estimate of drug-likeness (QED) is 0.199. The highest BCUT2D eigenvalue weighted by molar-refractivity contribution is 5.87. The van der Waals surface area contributed by atoms with Gasteiger partial charge in [-0.25, -0.2) is 13.2 Å². The molecule has 146 valence electrons. The lowest BCUT2D eigenvalue weighted by molar-refractivity contribution is -0.136. The molecule has 3 nitrogen and oxygen atoms in total. The lowest BCUT2D eigenvalue weighted by Crippen LogP contribution is -2.19. The Balaban J connectivity index is 1.91. The number of hydrogen-bond acceptors (Lipinski definition) is 3. The molecule has 0 aromatic heterocycles. The first kappa shape index (κ1) is 19.6. The molecular formula is C20H13F5O3. The fourth-order valence-electron chi connectivity index (χ4n) is 2.64. The van der Waals surface area contributed by atoms with Gasteiger partial charge < -0.3 is 9.47 Å². The Kier molecular flexibility index (Phi) is 5.22. The van der Waals surface area contributed by atoms with Gasteiger partial charge in [0, 0.05) is 0 Å². The van der Waals surface area contributed by atoms with E-state index in [4.69, 9.17) is 4.74 Å².